The topological polar surface area (TPSA) is 72.8 Å². The van der Waals surface area contributed by atoms with E-state index in [9.17, 15) is 4.79 Å². The Hall–Kier alpha value is -2.95. The highest BCUT2D eigenvalue weighted by Crippen LogP contribution is 2.33. The standard InChI is InChI=1S/C20H22N4O/c1-12(21)19(13(2)25)17-10-14(5-6-18(17)24(3)4)16-9-15-7-8-22-20(15)23-11-16/h5-11,19,21H,1-4H3,(H,22,23). The lowest BCUT2D eigenvalue weighted by Gasteiger charge is -2.23. The summed E-state index contributed by atoms with van der Waals surface area (Å²) in [5, 5.41) is 9.11. The summed E-state index contributed by atoms with van der Waals surface area (Å²) in [5.74, 6) is -0.548. The number of fused-ring (bicyclic) bond motifs is 1. The van der Waals surface area contributed by atoms with Gasteiger partial charge in [-0.1, -0.05) is 6.07 Å². The number of pyridine rings is 1. The Morgan fingerprint density at radius 1 is 1.16 bits per heavy atom. The Bertz CT molecular complexity index is 941. The Balaban J connectivity index is 2.17. The first kappa shape index (κ1) is 16.9. The molecule has 25 heavy (non-hydrogen) atoms. The van der Waals surface area contributed by atoms with E-state index in [0.29, 0.717) is 5.71 Å². The minimum absolute atomic E-state index is 0.0213. The molecule has 0 fully saturated rings. The molecule has 0 saturated heterocycles. The Kier molecular flexibility index (Phi) is 4.40. The molecule has 0 bridgehead atoms. The molecule has 0 aliphatic rings. The highest BCUT2D eigenvalue weighted by molar-refractivity contribution is 6.08. The van der Waals surface area contributed by atoms with Crippen LogP contribution in [-0.4, -0.2) is 35.6 Å². The normalized spacial score (nSPS) is 12.2. The van der Waals surface area contributed by atoms with Gasteiger partial charge >= 0.3 is 0 Å². The summed E-state index contributed by atoms with van der Waals surface area (Å²) in [7, 11) is 3.89. The average Bonchev–Trinajstić information content (AvgIpc) is 3.01. The molecule has 3 rings (SSSR count). The van der Waals surface area contributed by atoms with E-state index in [-0.39, 0.29) is 5.78 Å². The van der Waals surface area contributed by atoms with Crippen LogP contribution in [0.1, 0.15) is 25.3 Å². The first-order valence-corrected chi connectivity index (χ1v) is 8.18. The van der Waals surface area contributed by atoms with Gasteiger partial charge < -0.3 is 15.3 Å². The van der Waals surface area contributed by atoms with Crippen molar-refractivity contribution in [3.63, 3.8) is 0 Å². The van der Waals surface area contributed by atoms with Gasteiger partial charge in [-0.25, -0.2) is 4.98 Å². The fourth-order valence-electron chi connectivity index (χ4n) is 3.23. The van der Waals surface area contributed by atoms with Crippen molar-refractivity contribution >= 4 is 28.2 Å². The monoisotopic (exact) mass is 334 g/mol. The van der Waals surface area contributed by atoms with E-state index in [2.05, 4.69) is 16.0 Å². The molecule has 5 nitrogen and oxygen atoms in total. The molecule has 0 saturated carbocycles. The van der Waals surface area contributed by atoms with Gasteiger partial charge in [-0.05, 0) is 49.2 Å². The van der Waals surface area contributed by atoms with Crippen LogP contribution in [0.2, 0.25) is 0 Å². The molecule has 1 unspecified atom stereocenters. The van der Waals surface area contributed by atoms with Crippen molar-refractivity contribution in [2.75, 3.05) is 19.0 Å². The number of nitrogens with zero attached hydrogens (tertiary/aromatic N) is 2. The number of benzene rings is 1. The SMILES string of the molecule is CC(=N)C(C(C)=O)c1cc(-c2cnc3[nH]ccc3c2)ccc1N(C)C. The number of nitrogens with one attached hydrogen (secondary N) is 2. The molecule has 5 heteroatoms. The summed E-state index contributed by atoms with van der Waals surface area (Å²) in [6, 6.07) is 10.1. The van der Waals surface area contributed by atoms with Crippen molar-refractivity contribution in [3.8, 4) is 11.1 Å². The van der Waals surface area contributed by atoms with E-state index in [1.807, 2.05) is 55.7 Å². The number of carbonyl (C=O) groups excluding carboxylic acids is 1. The number of aromatic nitrogens is 2. The fraction of sp³-hybridized carbons (Fsp3) is 0.250. The summed E-state index contributed by atoms with van der Waals surface area (Å²) in [5.41, 5.74) is 4.99. The third kappa shape index (κ3) is 3.18. The Labute approximate surface area is 147 Å². The lowest BCUT2D eigenvalue weighted by molar-refractivity contribution is -0.117. The van der Waals surface area contributed by atoms with Crippen molar-refractivity contribution < 1.29 is 4.79 Å². The van der Waals surface area contributed by atoms with Crippen LogP contribution in [0.25, 0.3) is 22.2 Å². The lowest BCUT2D eigenvalue weighted by atomic mass is 9.87. The maximum atomic E-state index is 12.2. The molecule has 0 aliphatic heterocycles. The highest BCUT2D eigenvalue weighted by atomic mass is 16.1. The Morgan fingerprint density at radius 3 is 2.56 bits per heavy atom. The van der Waals surface area contributed by atoms with Crippen LogP contribution in [0, 0.1) is 5.41 Å². The maximum Gasteiger partial charge on any atom is 0.142 e. The van der Waals surface area contributed by atoms with Gasteiger partial charge in [0.2, 0.25) is 0 Å². The quantitative estimate of drug-likeness (QED) is 0.693. The molecule has 2 aromatic heterocycles. The molecule has 2 heterocycles. The van der Waals surface area contributed by atoms with Crippen LogP contribution >= 0.6 is 0 Å². The fourth-order valence-corrected chi connectivity index (χ4v) is 3.23. The minimum atomic E-state index is -0.527. The first-order valence-electron chi connectivity index (χ1n) is 8.18. The maximum absolute atomic E-state index is 12.2. The number of anilines is 1. The molecule has 1 atom stereocenters. The predicted octanol–water partition coefficient (Wildman–Crippen LogP) is 4.01. The number of rotatable bonds is 5. The summed E-state index contributed by atoms with van der Waals surface area (Å²) in [6.07, 6.45) is 3.69. The summed E-state index contributed by atoms with van der Waals surface area (Å²) >= 11 is 0. The van der Waals surface area contributed by atoms with E-state index in [0.717, 1.165) is 33.4 Å². The number of carbonyl (C=O) groups is 1. The van der Waals surface area contributed by atoms with E-state index >= 15 is 0 Å². The zero-order valence-corrected chi connectivity index (χ0v) is 14.9. The van der Waals surface area contributed by atoms with Gasteiger partial charge in [-0.2, -0.15) is 0 Å². The first-order chi connectivity index (χ1) is 11.9. The second kappa shape index (κ2) is 6.51. The summed E-state index contributed by atoms with van der Waals surface area (Å²) < 4.78 is 0. The number of Topliss-reactive ketones (excluding diaryl/α,β-unsaturated/α-hetero) is 1. The largest absolute Gasteiger partial charge is 0.377 e. The van der Waals surface area contributed by atoms with Crippen LogP contribution in [0.4, 0.5) is 5.69 Å². The molecule has 3 aromatic rings. The van der Waals surface area contributed by atoms with Crippen LogP contribution < -0.4 is 4.90 Å². The van der Waals surface area contributed by atoms with Gasteiger partial charge in [0.25, 0.3) is 0 Å². The number of H-pyrrole nitrogens is 1. The number of hydrogen-bond acceptors (Lipinski definition) is 4. The molecule has 1 aromatic carbocycles. The van der Waals surface area contributed by atoms with E-state index < -0.39 is 5.92 Å². The second-order valence-corrected chi connectivity index (χ2v) is 6.53. The van der Waals surface area contributed by atoms with Crippen LogP contribution in [0.3, 0.4) is 0 Å². The number of aromatic amines is 1. The molecule has 0 aliphatic carbocycles. The van der Waals surface area contributed by atoms with Crippen molar-refractivity contribution in [1.29, 1.82) is 5.41 Å². The molecule has 0 amide bonds. The minimum Gasteiger partial charge on any atom is -0.377 e. The molecular weight excluding hydrogens is 312 g/mol. The summed E-state index contributed by atoms with van der Waals surface area (Å²) in [4.78, 5) is 21.7. The second-order valence-electron chi connectivity index (χ2n) is 6.53. The van der Waals surface area contributed by atoms with E-state index in [1.54, 1.807) is 13.8 Å². The van der Waals surface area contributed by atoms with Crippen molar-refractivity contribution in [2.24, 2.45) is 0 Å². The smallest absolute Gasteiger partial charge is 0.142 e. The van der Waals surface area contributed by atoms with Crippen LogP contribution in [-0.2, 0) is 4.79 Å². The van der Waals surface area contributed by atoms with Gasteiger partial charge in [-0.15, -0.1) is 0 Å². The van der Waals surface area contributed by atoms with Gasteiger partial charge in [0, 0.05) is 48.8 Å². The van der Waals surface area contributed by atoms with Gasteiger partial charge in [-0.3, -0.25) is 4.79 Å². The van der Waals surface area contributed by atoms with E-state index in [1.165, 1.54) is 0 Å². The van der Waals surface area contributed by atoms with Gasteiger partial charge in [0.05, 0.1) is 5.92 Å². The lowest BCUT2D eigenvalue weighted by Crippen LogP contribution is -2.21. The third-order valence-electron chi connectivity index (χ3n) is 4.39. The number of hydrogen-bond donors (Lipinski definition) is 2. The zero-order chi connectivity index (χ0) is 18.1. The van der Waals surface area contributed by atoms with Crippen molar-refractivity contribution in [1.82, 2.24) is 9.97 Å². The highest BCUT2D eigenvalue weighted by Gasteiger charge is 2.23. The molecule has 0 spiro atoms. The van der Waals surface area contributed by atoms with Crippen molar-refractivity contribution in [3.05, 3.63) is 48.3 Å². The van der Waals surface area contributed by atoms with Crippen LogP contribution in [0.5, 0.6) is 0 Å². The van der Waals surface area contributed by atoms with Gasteiger partial charge in [0.15, 0.2) is 0 Å². The Morgan fingerprint density at radius 2 is 1.92 bits per heavy atom. The van der Waals surface area contributed by atoms with Gasteiger partial charge in [0.1, 0.15) is 11.4 Å². The zero-order valence-electron chi connectivity index (χ0n) is 14.9. The van der Waals surface area contributed by atoms with E-state index in [4.69, 9.17) is 5.41 Å². The van der Waals surface area contributed by atoms with Crippen molar-refractivity contribution in [2.45, 2.75) is 19.8 Å². The molecule has 2 N–H and O–H groups in total. The molecule has 0 radical (unpaired) electrons. The van der Waals surface area contributed by atoms with Crippen LogP contribution in [0.15, 0.2) is 42.7 Å². The third-order valence-corrected chi connectivity index (χ3v) is 4.39. The molecule has 128 valence electrons. The predicted molar refractivity (Wildman–Crippen MR) is 103 cm³/mol. The summed E-state index contributed by atoms with van der Waals surface area (Å²) in [6.45, 7) is 3.23. The average molecular weight is 334 g/mol. The molecular formula is C20H22N4O. The number of ketones is 1.